The summed E-state index contributed by atoms with van der Waals surface area (Å²) in [5.41, 5.74) is 9.50. The van der Waals surface area contributed by atoms with Gasteiger partial charge < -0.3 is 5.73 Å². The van der Waals surface area contributed by atoms with Gasteiger partial charge in [0.05, 0.1) is 0 Å². The first kappa shape index (κ1) is 11.8. The van der Waals surface area contributed by atoms with Crippen LogP contribution >= 0.6 is 11.6 Å². The normalized spacial score (nSPS) is 10.1. The van der Waals surface area contributed by atoms with Gasteiger partial charge in [0.15, 0.2) is 0 Å². The minimum Gasteiger partial charge on any atom is -0.366 e. The molecule has 0 aliphatic carbocycles. The van der Waals surface area contributed by atoms with Crippen LogP contribution in [-0.4, -0.2) is 5.91 Å². The Morgan fingerprint density at radius 3 is 2.47 bits per heavy atom. The maximum atomic E-state index is 11.0. The first-order valence-electron chi connectivity index (χ1n) is 4.63. The first-order chi connectivity index (χ1) is 6.99. The van der Waals surface area contributed by atoms with E-state index in [0.717, 1.165) is 22.3 Å². The van der Waals surface area contributed by atoms with Crippen molar-refractivity contribution in [2.45, 2.75) is 19.7 Å². The third-order valence-electron chi connectivity index (χ3n) is 2.67. The lowest BCUT2D eigenvalue weighted by Gasteiger charge is -2.12. The Morgan fingerprint density at radius 1 is 1.40 bits per heavy atom. The SMILES string of the molecule is C=C(C(N)=O)c1ccc(CCl)c(C)c1C. The molecule has 0 aromatic heterocycles. The summed E-state index contributed by atoms with van der Waals surface area (Å²) in [6, 6.07) is 3.74. The van der Waals surface area contributed by atoms with Crippen LogP contribution in [0.2, 0.25) is 0 Å². The summed E-state index contributed by atoms with van der Waals surface area (Å²) in [4.78, 5) is 11.0. The van der Waals surface area contributed by atoms with Crippen molar-refractivity contribution in [3.05, 3.63) is 41.0 Å². The zero-order valence-electron chi connectivity index (χ0n) is 8.93. The Bertz CT molecular complexity index is 424. The molecule has 2 nitrogen and oxygen atoms in total. The fourth-order valence-electron chi connectivity index (χ4n) is 1.48. The van der Waals surface area contributed by atoms with Crippen LogP contribution in [0.25, 0.3) is 5.57 Å². The largest absolute Gasteiger partial charge is 0.366 e. The highest BCUT2D eigenvalue weighted by molar-refractivity contribution is 6.18. The summed E-state index contributed by atoms with van der Waals surface area (Å²) < 4.78 is 0. The molecule has 1 rings (SSSR count). The monoisotopic (exact) mass is 223 g/mol. The van der Waals surface area contributed by atoms with Crippen LogP contribution in [-0.2, 0) is 10.7 Å². The van der Waals surface area contributed by atoms with Crippen LogP contribution in [0.1, 0.15) is 22.3 Å². The molecule has 0 bridgehead atoms. The van der Waals surface area contributed by atoms with Crippen molar-refractivity contribution in [3.63, 3.8) is 0 Å². The van der Waals surface area contributed by atoms with E-state index in [2.05, 4.69) is 6.58 Å². The van der Waals surface area contributed by atoms with Crippen LogP contribution in [0.3, 0.4) is 0 Å². The molecule has 1 aromatic carbocycles. The fraction of sp³-hybridized carbons (Fsp3) is 0.250. The third kappa shape index (κ3) is 2.21. The second-order valence-electron chi connectivity index (χ2n) is 3.50. The molecular formula is C12H14ClNO. The van der Waals surface area contributed by atoms with E-state index >= 15 is 0 Å². The lowest BCUT2D eigenvalue weighted by Crippen LogP contribution is -2.13. The van der Waals surface area contributed by atoms with Crippen LogP contribution in [0.15, 0.2) is 18.7 Å². The van der Waals surface area contributed by atoms with Gasteiger partial charge in [-0.1, -0.05) is 18.7 Å². The van der Waals surface area contributed by atoms with Crippen molar-refractivity contribution < 1.29 is 4.79 Å². The number of carbonyl (C=O) groups excluding carboxylic acids is 1. The summed E-state index contributed by atoms with van der Waals surface area (Å²) in [7, 11) is 0. The van der Waals surface area contributed by atoms with Crippen LogP contribution in [0.4, 0.5) is 0 Å². The molecule has 0 spiro atoms. The molecule has 0 atom stereocenters. The Balaban J connectivity index is 3.29. The van der Waals surface area contributed by atoms with Crippen molar-refractivity contribution in [2.24, 2.45) is 5.73 Å². The molecule has 0 unspecified atom stereocenters. The average molecular weight is 224 g/mol. The van der Waals surface area contributed by atoms with Gasteiger partial charge in [0.2, 0.25) is 5.91 Å². The van der Waals surface area contributed by atoms with Crippen LogP contribution < -0.4 is 5.73 Å². The number of alkyl halides is 1. The van der Waals surface area contributed by atoms with Crippen LogP contribution in [0, 0.1) is 13.8 Å². The van der Waals surface area contributed by atoms with Gasteiger partial charge in [-0.05, 0) is 36.1 Å². The number of halogens is 1. The van der Waals surface area contributed by atoms with Crippen molar-refractivity contribution in [2.75, 3.05) is 0 Å². The van der Waals surface area contributed by atoms with Gasteiger partial charge in [0.1, 0.15) is 0 Å². The Kier molecular flexibility index (Phi) is 3.53. The van der Waals surface area contributed by atoms with E-state index in [1.165, 1.54) is 0 Å². The maximum absolute atomic E-state index is 11.0. The highest BCUT2D eigenvalue weighted by atomic mass is 35.5. The van der Waals surface area contributed by atoms with Gasteiger partial charge in [0.25, 0.3) is 0 Å². The van der Waals surface area contributed by atoms with Gasteiger partial charge in [-0.25, -0.2) is 0 Å². The number of nitrogens with two attached hydrogens (primary N) is 1. The van der Waals surface area contributed by atoms with Crippen molar-refractivity contribution >= 4 is 23.1 Å². The van der Waals surface area contributed by atoms with Crippen molar-refractivity contribution in [1.82, 2.24) is 0 Å². The van der Waals surface area contributed by atoms with E-state index in [-0.39, 0.29) is 0 Å². The maximum Gasteiger partial charge on any atom is 0.248 e. The van der Waals surface area contributed by atoms with E-state index in [1.807, 2.05) is 26.0 Å². The summed E-state index contributed by atoms with van der Waals surface area (Å²) >= 11 is 5.78. The first-order valence-corrected chi connectivity index (χ1v) is 5.16. The lowest BCUT2D eigenvalue weighted by atomic mass is 9.94. The van der Waals surface area contributed by atoms with Gasteiger partial charge in [-0.3, -0.25) is 4.79 Å². The van der Waals surface area contributed by atoms with E-state index in [4.69, 9.17) is 17.3 Å². The number of rotatable bonds is 3. The highest BCUT2D eigenvalue weighted by Crippen LogP contribution is 2.23. The van der Waals surface area contributed by atoms with Crippen molar-refractivity contribution in [1.29, 1.82) is 0 Å². The molecule has 15 heavy (non-hydrogen) atoms. The van der Waals surface area contributed by atoms with Gasteiger partial charge >= 0.3 is 0 Å². The second kappa shape index (κ2) is 4.49. The molecule has 0 aliphatic heterocycles. The Morgan fingerprint density at radius 2 is 2.00 bits per heavy atom. The molecule has 2 N–H and O–H groups in total. The Hall–Kier alpha value is -1.28. The van der Waals surface area contributed by atoms with Crippen molar-refractivity contribution in [3.8, 4) is 0 Å². The fourth-order valence-corrected chi connectivity index (χ4v) is 1.77. The molecule has 3 heteroatoms. The molecule has 0 aliphatic rings. The third-order valence-corrected chi connectivity index (χ3v) is 2.95. The zero-order valence-corrected chi connectivity index (χ0v) is 9.69. The standard InChI is InChI=1S/C12H14ClNO/c1-7-8(2)11(9(3)12(14)15)5-4-10(7)6-13/h4-5H,3,6H2,1-2H3,(H2,14,15). The molecule has 0 saturated carbocycles. The van der Waals surface area contributed by atoms with E-state index in [1.54, 1.807) is 0 Å². The molecule has 0 radical (unpaired) electrons. The van der Waals surface area contributed by atoms with E-state index in [0.29, 0.717) is 11.5 Å². The van der Waals surface area contributed by atoms with Gasteiger partial charge in [-0.2, -0.15) is 0 Å². The summed E-state index contributed by atoms with van der Waals surface area (Å²) in [5, 5.41) is 0. The molecule has 0 heterocycles. The number of benzene rings is 1. The average Bonchev–Trinajstić information content (AvgIpc) is 2.21. The summed E-state index contributed by atoms with van der Waals surface area (Å²) in [6.07, 6.45) is 0. The quantitative estimate of drug-likeness (QED) is 0.621. The number of primary amides is 1. The minimum atomic E-state index is -0.490. The molecule has 80 valence electrons. The van der Waals surface area contributed by atoms with E-state index < -0.39 is 5.91 Å². The highest BCUT2D eigenvalue weighted by Gasteiger charge is 2.11. The molecule has 0 fully saturated rings. The zero-order chi connectivity index (χ0) is 11.6. The second-order valence-corrected chi connectivity index (χ2v) is 3.77. The number of hydrogen-bond acceptors (Lipinski definition) is 1. The summed E-state index contributed by atoms with van der Waals surface area (Å²) in [6.45, 7) is 7.59. The lowest BCUT2D eigenvalue weighted by molar-refractivity contribution is -0.112. The number of hydrogen-bond donors (Lipinski definition) is 1. The van der Waals surface area contributed by atoms with Crippen LogP contribution in [0.5, 0.6) is 0 Å². The predicted molar refractivity (Wildman–Crippen MR) is 63.7 cm³/mol. The molecule has 0 saturated heterocycles. The Labute approximate surface area is 94.7 Å². The summed E-state index contributed by atoms with van der Waals surface area (Å²) in [5.74, 6) is -0.0214. The van der Waals surface area contributed by atoms with Gasteiger partial charge in [-0.15, -0.1) is 11.6 Å². The predicted octanol–water partition coefficient (Wildman–Crippen LogP) is 2.54. The smallest absolute Gasteiger partial charge is 0.248 e. The van der Waals surface area contributed by atoms with Gasteiger partial charge in [0, 0.05) is 11.5 Å². The van der Waals surface area contributed by atoms with E-state index in [9.17, 15) is 4.79 Å². The molecular weight excluding hydrogens is 210 g/mol. The molecule has 1 amide bonds. The number of amides is 1. The topological polar surface area (TPSA) is 43.1 Å². The number of carbonyl (C=O) groups is 1. The minimum absolute atomic E-state index is 0.344. The molecule has 1 aromatic rings.